The molecule has 0 bridgehead atoms. The predicted octanol–water partition coefficient (Wildman–Crippen LogP) is 1.57. The minimum Gasteiger partial charge on any atom is -0.444 e. The van der Waals surface area contributed by atoms with E-state index in [4.69, 9.17) is 17.3 Å². The highest BCUT2D eigenvalue weighted by Gasteiger charge is 2.32. The lowest BCUT2D eigenvalue weighted by Crippen LogP contribution is -2.56. The Morgan fingerprint density at radius 2 is 2.19 bits per heavy atom. The van der Waals surface area contributed by atoms with Crippen LogP contribution in [0.2, 0.25) is 0 Å². The second-order valence-electron chi connectivity index (χ2n) is 5.44. The van der Waals surface area contributed by atoms with Gasteiger partial charge < -0.3 is 14.8 Å². The molecule has 0 saturated carbocycles. The van der Waals surface area contributed by atoms with E-state index in [1.54, 1.807) is 0 Å². The molecule has 1 aliphatic rings. The average Bonchev–Trinajstić information content (AvgIpc) is 2.07. The molecule has 5 heteroatoms. The van der Waals surface area contributed by atoms with E-state index in [1.807, 2.05) is 27.7 Å². The van der Waals surface area contributed by atoms with E-state index in [0.717, 1.165) is 6.42 Å². The molecule has 0 aromatic heterocycles. The number of carbonyl (C=O) groups excluding carboxylic acids is 1. The van der Waals surface area contributed by atoms with Gasteiger partial charge in [0.2, 0.25) is 0 Å². The number of carbonyl (C=O) groups is 1. The van der Waals surface area contributed by atoms with Crippen molar-refractivity contribution in [2.24, 2.45) is 0 Å². The summed E-state index contributed by atoms with van der Waals surface area (Å²) >= 11 is 0. The molecule has 1 heterocycles. The standard InChI is InChI=1S/C11H20BNO3/c1-8-5-6-11(12,7-15-8)13-9(14)16-10(2,3)4/h8H,5-7H2,1-4H3,(H,13,14)/t8-,11-/m1/s1. The average molecular weight is 225 g/mol. The maximum absolute atomic E-state index is 11.5. The fourth-order valence-corrected chi connectivity index (χ4v) is 1.51. The van der Waals surface area contributed by atoms with Crippen LogP contribution >= 0.6 is 0 Å². The number of amides is 1. The molecule has 1 rings (SSSR count). The minimum absolute atomic E-state index is 0.206. The Kier molecular flexibility index (Phi) is 3.89. The topological polar surface area (TPSA) is 47.6 Å². The summed E-state index contributed by atoms with van der Waals surface area (Å²) in [6, 6.07) is 0. The third-order valence-corrected chi connectivity index (χ3v) is 2.37. The Hall–Kier alpha value is -0.705. The lowest BCUT2D eigenvalue weighted by molar-refractivity contribution is -0.0103. The first-order chi connectivity index (χ1) is 7.20. The van der Waals surface area contributed by atoms with Crippen LogP contribution < -0.4 is 5.32 Å². The van der Waals surface area contributed by atoms with E-state index in [2.05, 4.69) is 5.32 Å². The van der Waals surface area contributed by atoms with Crippen molar-refractivity contribution in [3.8, 4) is 0 Å². The number of hydrogen-bond acceptors (Lipinski definition) is 3. The largest absolute Gasteiger partial charge is 0.444 e. The maximum atomic E-state index is 11.5. The lowest BCUT2D eigenvalue weighted by Gasteiger charge is -2.37. The van der Waals surface area contributed by atoms with Gasteiger partial charge in [-0.2, -0.15) is 0 Å². The van der Waals surface area contributed by atoms with Gasteiger partial charge in [-0.05, 0) is 40.5 Å². The third kappa shape index (κ3) is 4.43. The summed E-state index contributed by atoms with van der Waals surface area (Å²) in [5, 5.41) is 2.66. The number of rotatable bonds is 1. The van der Waals surface area contributed by atoms with Crippen LogP contribution in [0.4, 0.5) is 4.79 Å². The van der Waals surface area contributed by atoms with E-state index >= 15 is 0 Å². The molecule has 90 valence electrons. The van der Waals surface area contributed by atoms with Gasteiger partial charge >= 0.3 is 6.09 Å². The molecule has 0 aliphatic carbocycles. The highest BCUT2D eigenvalue weighted by Crippen LogP contribution is 2.20. The molecule has 0 unspecified atom stereocenters. The van der Waals surface area contributed by atoms with Gasteiger partial charge in [-0.15, -0.1) is 0 Å². The zero-order valence-electron chi connectivity index (χ0n) is 10.5. The van der Waals surface area contributed by atoms with Gasteiger partial charge in [-0.3, -0.25) is 0 Å². The van der Waals surface area contributed by atoms with E-state index in [-0.39, 0.29) is 6.10 Å². The van der Waals surface area contributed by atoms with Crippen molar-refractivity contribution in [3.63, 3.8) is 0 Å². The van der Waals surface area contributed by atoms with Crippen LogP contribution in [0.3, 0.4) is 0 Å². The predicted molar refractivity (Wildman–Crippen MR) is 62.5 cm³/mol. The van der Waals surface area contributed by atoms with Crippen molar-refractivity contribution in [1.82, 2.24) is 5.32 Å². The Morgan fingerprint density at radius 3 is 2.62 bits per heavy atom. The zero-order chi connectivity index (χ0) is 12.4. The molecule has 2 atom stereocenters. The molecule has 1 N–H and O–H groups in total. The first kappa shape index (κ1) is 13.4. The summed E-state index contributed by atoms with van der Waals surface area (Å²) in [4.78, 5) is 11.5. The smallest absolute Gasteiger partial charge is 0.407 e. The van der Waals surface area contributed by atoms with Crippen molar-refractivity contribution >= 4 is 13.9 Å². The molecule has 1 aliphatic heterocycles. The van der Waals surface area contributed by atoms with E-state index in [9.17, 15) is 4.79 Å². The van der Waals surface area contributed by atoms with Crippen LogP contribution in [-0.4, -0.2) is 37.7 Å². The van der Waals surface area contributed by atoms with E-state index < -0.39 is 17.1 Å². The fourth-order valence-electron chi connectivity index (χ4n) is 1.51. The number of hydrogen-bond donors (Lipinski definition) is 1. The molecule has 0 spiro atoms. The van der Waals surface area contributed by atoms with Crippen LogP contribution in [0.5, 0.6) is 0 Å². The Labute approximate surface area is 98.5 Å². The van der Waals surface area contributed by atoms with Crippen LogP contribution in [0.15, 0.2) is 0 Å². The second kappa shape index (κ2) is 4.66. The maximum Gasteiger partial charge on any atom is 0.407 e. The molecule has 1 amide bonds. The first-order valence-electron chi connectivity index (χ1n) is 5.62. The fraction of sp³-hybridized carbons (Fsp3) is 0.909. The second-order valence-corrected chi connectivity index (χ2v) is 5.44. The molecule has 0 aromatic rings. The summed E-state index contributed by atoms with van der Waals surface area (Å²) in [6.45, 7) is 7.76. The normalized spacial score (nSPS) is 30.9. The SMILES string of the molecule is [B][C@@]1(NC(=O)OC(C)(C)C)CC[C@@H](C)OC1. The molecule has 16 heavy (non-hydrogen) atoms. The number of ether oxygens (including phenoxy) is 2. The highest BCUT2D eigenvalue weighted by molar-refractivity contribution is 6.16. The Balaban J connectivity index is 2.44. The summed E-state index contributed by atoms with van der Waals surface area (Å²) in [7, 11) is 6.00. The van der Waals surface area contributed by atoms with Gasteiger partial charge in [-0.25, -0.2) is 4.79 Å². The molecule has 1 fully saturated rings. The molecule has 2 radical (unpaired) electrons. The van der Waals surface area contributed by atoms with E-state index in [1.165, 1.54) is 0 Å². The number of nitrogens with one attached hydrogen (secondary N) is 1. The summed E-state index contributed by atoms with van der Waals surface area (Å²) in [5.74, 6) is 0. The van der Waals surface area contributed by atoms with Crippen LogP contribution in [0.1, 0.15) is 40.5 Å². The van der Waals surface area contributed by atoms with Gasteiger partial charge in [-0.1, -0.05) is 0 Å². The zero-order valence-corrected chi connectivity index (χ0v) is 10.5. The number of alkyl carbamates (subject to hydrolysis) is 1. The molecular weight excluding hydrogens is 205 g/mol. The minimum atomic E-state index is -0.797. The lowest BCUT2D eigenvalue weighted by atomic mass is 9.73. The van der Waals surface area contributed by atoms with Crippen molar-refractivity contribution in [2.75, 3.05) is 6.61 Å². The van der Waals surface area contributed by atoms with Gasteiger partial charge in [0.15, 0.2) is 0 Å². The van der Waals surface area contributed by atoms with Gasteiger partial charge in [0.05, 0.1) is 12.7 Å². The van der Waals surface area contributed by atoms with Gasteiger partial charge in [0.25, 0.3) is 0 Å². The van der Waals surface area contributed by atoms with Crippen molar-refractivity contribution in [1.29, 1.82) is 0 Å². The van der Waals surface area contributed by atoms with Crippen LogP contribution in [0, 0.1) is 0 Å². The molecule has 0 aromatic carbocycles. The first-order valence-corrected chi connectivity index (χ1v) is 5.62. The monoisotopic (exact) mass is 225 g/mol. The highest BCUT2D eigenvalue weighted by atomic mass is 16.6. The van der Waals surface area contributed by atoms with Gasteiger partial charge in [0, 0.05) is 5.44 Å². The summed E-state index contributed by atoms with van der Waals surface area (Å²) in [5.41, 5.74) is -1.31. The molecular formula is C11H20BNO3. The third-order valence-electron chi connectivity index (χ3n) is 2.37. The Morgan fingerprint density at radius 1 is 1.56 bits per heavy atom. The van der Waals surface area contributed by atoms with Crippen LogP contribution in [0.25, 0.3) is 0 Å². The van der Waals surface area contributed by atoms with Crippen LogP contribution in [-0.2, 0) is 9.47 Å². The Bertz CT molecular complexity index is 254. The quantitative estimate of drug-likeness (QED) is 0.689. The van der Waals surface area contributed by atoms with Crippen molar-refractivity contribution < 1.29 is 14.3 Å². The van der Waals surface area contributed by atoms with E-state index in [0.29, 0.717) is 13.0 Å². The molecule has 4 nitrogen and oxygen atoms in total. The van der Waals surface area contributed by atoms with Crippen molar-refractivity contribution in [3.05, 3.63) is 0 Å². The molecule has 1 saturated heterocycles. The summed E-state index contributed by atoms with van der Waals surface area (Å²) < 4.78 is 10.6. The van der Waals surface area contributed by atoms with Gasteiger partial charge in [0.1, 0.15) is 13.4 Å². The van der Waals surface area contributed by atoms with Crippen molar-refractivity contribution in [2.45, 2.75) is 57.7 Å². The summed E-state index contributed by atoms with van der Waals surface area (Å²) in [6.07, 6.45) is 1.25.